The van der Waals surface area contributed by atoms with E-state index in [9.17, 15) is 4.79 Å². The average Bonchev–Trinajstić information content (AvgIpc) is 3.07. The minimum atomic E-state index is -0.599. The van der Waals surface area contributed by atoms with Crippen molar-refractivity contribution < 1.29 is 23.4 Å². The zero-order chi connectivity index (χ0) is 33.9. The zero-order valence-electron chi connectivity index (χ0n) is 28.0. The fraction of sp³-hybridized carbons (Fsp3) is 0.275. The number of rotatable bonds is 8. The second-order valence-corrected chi connectivity index (χ2v) is 13.6. The van der Waals surface area contributed by atoms with Crippen LogP contribution in [-0.4, -0.2) is 39.7 Å². The molecule has 8 heteroatoms. The van der Waals surface area contributed by atoms with Crippen molar-refractivity contribution in [2.75, 3.05) is 13.1 Å². The molecule has 0 saturated carbocycles. The first-order valence-electron chi connectivity index (χ1n) is 16.1. The van der Waals surface area contributed by atoms with Gasteiger partial charge < -0.3 is 19.1 Å². The summed E-state index contributed by atoms with van der Waals surface area (Å²) in [4.78, 5) is 23.8. The third-order valence-electron chi connectivity index (χ3n) is 8.17. The number of benzene rings is 3. The standard InChI is InChI=1S/C40H40FN3O4/c1-39(2,3)48-38(45)44-21-20-33(40(4,5)26-44)31-16-18-34-32(36(31)41)22-29(23-42-34)30-17-19-35(46-24-27-12-8-6-9-13-27)43-37(30)47-25-28-14-10-7-11-15-28/h6-20,22-23H,21,24-26H2,1-5H3. The molecule has 1 amide bonds. The highest BCUT2D eigenvalue weighted by Gasteiger charge is 2.35. The van der Waals surface area contributed by atoms with Crippen molar-refractivity contribution in [3.05, 3.63) is 126 Å². The third-order valence-corrected chi connectivity index (χ3v) is 8.17. The van der Waals surface area contributed by atoms with Gasteiger partial charge in [-0.3, -0.25) is 4.98 Å². The first kappa shape index (κ1) is 32.7. The van der Waals surface area contributed by atoms with Gasteiger partial charge in [0.25, 0.3) is 0 Å². The van der Waals surface area contributed by atoms with E-state index in [-0.39, 0.29) is 11.9 Å². The van der Waals surface area contributed by atoms with Gasteiger partial charge in [-0.1, -0.05) is 80.6 Å². The van der Waals surface area contributed by atoms with Crippen molar-refractivity contribution in [3.63, 3.8) is 0 Å². The van der Waals surface area contributed by atoms with Crippen LogP contribution in [0.15, 0.2) is 103 Å². The van der Waals surface area contributed by atoms with Crippen molar-refractivity contribution in [2.24, 2.45) is 5.41 Å². The molecule has 0 unspecified atom stereocenters. The zero-order valence-corrected chi connectivity index (χ0v) is 28.0. The van der Waals surface area contributed by atoms with Gasteiger partial charge in [0.05, 0.1) is 5.52 Å². The topological polar surface area (TPSA) is 73.8 Å². The lowest BCUT2D eigenvalue weighted by atomic mass is 9.77. The summed E-state index contributed by atoms with van der Waals surface area (Å²) < 4.78 is 34.4. The molecule has 0 spiro atoms. The van der Waals surface area contributed by atoms with Gasteiger partial charge in [-0.2, -0.15) is 4.98 Å². The van der Waals surface area contributed by atoms with Crippen LogP contribution in [0.2, 0.25) is 0 Å². The van der Waals surface area contributed by atoms with E-state index in [0.29, 0.717) is 65.7 Å². The van der Waals surface area contributed by atoms with E-state index >= 15 is 4.39 Å². The molecule has 0 fully saturated rings. The summed E-state index contributed by atoms with van der Waals surface area (Å²) in [7, 11) is 0. The van der Waals surface area contributed by atoms with E-state index < -0.39 is 11.0 Å². The normalized spacial score (nSPS) is 14.4. The highest BCUT2D eigenvalue weighted by atomic mass is 19.1. The maximum Gasteiger partial charge on any atom is 0.410 e. The van der Waals surface area contributed by atoms with E-state index in [2.05, 4.69) is 4.98 Å². The number of pyridine rings is 2. The minimum absolute atomic E-state index is 0.298. The Labute approximate surface area is 281 Å². The molecule has 0 atom stereocenters. The van der Waals surface area contributed by atoms with Gasteiger partial charge in [0.1, 0.15) is 24.6 Å². The van der Waals surface area contributed by atoms with Crippen molar-refractivity contribution in [1.29, 1.82) is 0 Å². The van der Waals surface area contributed by atoms with Crippen LogP contribution < -0.4 is 9.47 Å². The summed E-state index contributed by atoms with van der Waals surface area (Å²) in [5.74, 6) is 0.412. The Kier molecular flexibility index (Phi) is 9.18. The number of halogens is 1. The summed E-state index contributed by atoms with van der Waals surface area (Å²) in [6.45, 7) is 10.9. The van der Waals surface area contributed by atoms with Crippen LogP contribution in [0, 0.1) is 11.2 Å². The SMILES string of the molecule is CC(C)(C)OC(=O)N1CC=C(c2ccc3ncc(-c4ccc(OCc5ccccc5)nc4OCc4ccccc4)cc3c2F)C(C)(C)C1. The van der Waals surface area contributed by atoms with E-state index in [4.69, 9.17) is 19.2 Å². The van der Waals surface area contributed by atoms with Crippen molar-refractivity contribution in [1.82, 2.24) is 14.9 Å². The van der Waals surface area contributed by atoms with Crippen molar-refractivity contribution >= 4 is 22.6 Å². The number of fused-ring (bicyclic) bond motifs is 1. The Morgan fingerprint density at radius 3 is 2.17 bits per heavy atom. The van der Waals surface area contributed by atoms with Crippen molar-refractivity contribution in [2.45, 2.75) is 53.4 Å². The lowest BCUT2D eigenvalue weighted by Gasteiger charge is -2.39. The fourth-order valence-electron chi connectivity index (χ4n) is 5.86. The van der Waals surface area contributed by atoms with Crippen LogP contribution in [0.3, 0.4) is 0 Å². The molecule has 3 aromatic carbocycles. The molecule has 6 rings (SSSR count). The van der Waals surface area contributed by atoms with Crippen LogP contribution >= 0.6 is 0 Å². The van der Waals surface area contributed by atoms with Crippen molar-refractivity contribution in [3.8, 4) is 22.9 Å². The Morgan fingerprint density at radius 2 is 1.52 bits per heavy atom. The predicted octanol–water partition coefficient (Wildman–Crippen LogP) is 9.25. The molecule has 0 bridgehead atoms. The molecule has 246 valence electrons. The smallest absolute Gasteiger partial charge is 0.410 e. The number of carbonyl (C=O) groups is 1. The summed E-state index contributed by atoms with van der Waals surface area (Å²) in [6.07, 6.45) is 3.25. The Balaban J connectivity index is 1.33. The van der Waals surface area contributed by atoms with E-state index in [1.165, 1.54) is 0 Å². The number of carbonyl (C=O) groups excluding carboxylic acids is 1. The van der Waals surface area contributed by atoms with Gasteiger partial charge in [-0.05, 0) is 61.7 Å². The minimum Gasteiger partial charge on any atom is -0.473 e. The Morgan fingerprint density at radius 1 is 0.875 bits per heavy atom. The van der Waals surface area contributed by atoms with Gasteiger partial charge in [0, 0.05) is 52.8 Å². The molecule has 2 aromatic heterocycles. The first-order valence-corrected chi connectivity index (χ1v) is 16.1. The molecule has 1 aliphatic rings. The molecule has 0 aliphatic carbocycles. The number of amides is 1. The predicted molar refractivity (Wildman–Crippen MR) is 186 cm³/mol. The van der Waals surface area contributed by atoms with Gasteiger partial charge in [-0.25, -0.2) is 9.18 Å². The molecule has 0 radical (unpaired) electrons. The number of hydrogen-bond donors (Lipinski definition) is 0. The van der Waals surface area contributed by atoms with E-state index in [1.807, 2.05) is 113 Å². The maximum atomic E-state index is 16.5. The average molecular weight is 646 g/mol. The molecular weight excluding hydrogens is 605 g/mol. The number of aromatic nitrogens is 2. The third kappa shape index (κ3) is 7.49. The van der Waals surface area contributed by atoms with E-state index in [1.54, 1.807) is 29.3 Å². The van der Waals surface area contributed by atoms with Crippen LogP contribution in [0.25, 0.3) is 27.6 Å². The number of nitrogens with zero attached hydrogens (tertiary/aromatic N) is 3. The number of hydrogen-bond acceptors (Lipinski definition) is 6. The van der Waals surface area contributed by atoms with Crippen LogP contribution in [0.4, 0.5) is 9.18 Å². The molecule has 0 saturated heterocycles. The number of ether oxygens (including phenoxy) is 3. The quantitative estimate of drug-likeness (QED) is 0.168. The molecule has 1 aliphatic heterocycles. The highest BCUT2D eigenvalue weighted by Crippen LogP contribution is 2.41. The first-order chi connectivity index (χ1) is 23.0. The van der Waals surface area contributed by atoms with Gasteiger partial charge in [0.2, 0.25) is 11.8 Å². The fourth-order valence-corrected chi connectivity index (χ4v) is 5.86. The molecule has 5 aromatic rings. The lowest BCUT2D eigenvalue weighted by molar-refractivity contribution is 0.0219. The lowest BCUT2D eigenvalue weighted by Crippen LogP contribution is -2.45. The van der Waals surface area contributed by atoms with Gasteiger partial charge in [0.15, 0.2) is 0 Å². The molecule has 7 nitrogen and oxygen atoms in total. The van der Waals surface area contributed by atoms with Gasteiger partial charge in [-0.15, -0.1) is 0 Å². The summed E-state index contributed by atoms with van der Waals surface area (Å²) in [5.41, 5.74) is 4.08. The summed E-state index contributed by atoms with van der Waals surface area (Å²) in [5, 5.41) is 0.384. The second kappa shape index (κ2) is 13.5. The maximum absolute atomic E-state index is 16.5. The van der Waals surface area contributed by atoms with Crippen LogP contribution in [0.5, 0.6) is 11.8 Å². The second-order valence-electron chi connectivity index (χ2n) is 13.6. The van der Waals surface area contributed by atoms with E-state index in [0.717, 1.165) is 16.7 Å². The Bertz CT molecular complexity index is 1950. The Hall–Kier alpha value is -5.24. The molecule has 0 N–H and O–H groups in total. The summed E-state index contributed by atoms with van der Waals surface area (Å²) in [6, 6.07) is 28.8. The van der Waals surface area contributed by atoms with Crippen LogP contribution in [-0.2, 0) is 18.0 Å². The summed E-state index contributed by atoms with van der Waals surface area (Å²) >= 11 is 0. The highest BCUT2D eigenvalue weighted by molar-refractivity contribution is 5.89. The largest absolute Gasteiger partial charge is 0.473 e. The molecule has 3 heterocycles. The molecular formula is C40H40FN3O4. The molecule has 48 heavy (non-hydrogen) atoms. The van der Waals surface area contributed by atoms with Crippen LogP contribution in [0.1, 0.15) is 51.3 Å². The monoisotopic (exact) mass is 645 g/mol. The van der Waals surface area contributed by atoms with Gasteiger partial charge >= 0.3 is 6.09 Å².